The van der Waals surface area contributed by atoms with E-state index in [0.29, 0.717) is 12.3 Å². The third-order valence-corrected chi connectivity index (χ3v) is 2.82. The number of hydrogen-bond donors (Lipinski definition) is 1. The average molecular weight is 219 g/mol. The van der Waals surface area contributed by atoms with Crippen LogP contribution in [0.5, 0.6) is 0 Å². The van der Waals surface area contributed by atoms with Crippen LogP contribution in [0, 0.1) is 5.92 Å². The SMILES string of the molecule is CSCCC(N)C(=O)OC(C)C(C)C. The minimum atomic E-state index is -0.469. The number of nitrogens with two attached hydrogens (primary N) is 1. The maximum absolute atomic E-state index is 11.4. The van der Waals surface area contributed by atoms with Crippen molar-refractivity contribution in [3.63, 3.8) is 0 Å². The van der Waals surface area contributed by atoms with Crippen molar-refractivity contribution in [1.82, 2.24) is 0 Å². The zero-order chi connectivity index (χ0) is 11.1. The van der Waals surface area contributed by atoms with Crippen LogP contribution in [0.4, 0.5) is 0 Å². The summed E-state index contributed by atoms with van der Waals surface area (Å²) in [6.07, 6.45) is 2.63. The highest BCUT2D eigenvalue weighted by Crippen LogP contribution is 2.08. The number of thioether (sulfide) groups is 1. The van der Waals surface area contributed by atoms with Gasteiger partial charge >= 0.3 is 5.97 Å². The molecule has 0 aliphatic carbocycles. The first-order valence-corrected chi connectivity index (χ1v) is 6.33. The molecule has 0 spiro atoms. The molecule has 0 aromatic rings. The molecule has 14 heavy (non-hydrogen) atoms. The molecule has 0 bridgehead atoms. The van der Waals surface area contributed by atoms with Crippen molar-refractivity contribution in [3.8, 4) is 0 Å². The summed E-state index contributed by atoms with van der Waals surface area (Å²) in [5, 5.41) is 0. The molecule has 0 aromatic carbocycles. The summed E-state index contributed by atoms with van der Waals surface area (Å²) in [5.41, 5.74) is 5.66. The minimum Gasteiger partial charge on any atom is -0.461 e. The van der Waals surface area contributed by atoms with E-state index in [0.717, 1.165) is 5.75 Å². The van der Waals surface area contributed by atoms with Gasteiger partial charge in [0.2, 0.25) is 0 Å². The van der Waals surface area contributed by atoms with E-state index in [1.807, 2.05) is 27.0 Å². The van der Waals surface area contributed by atoms with Crippen molar-refractivity contribution in [2.75, 3.05) is 12.0 Å². The standard InChI is InChI=1S/C10H21NO2S/c1-7(2)8(3)13-10(12)9(11)5-6-14-4/h7-9H,5-6,11H2,1-4H3. The molecule has 0 heterocycles. The Bertz CT molecular complexity index is 174. The maximum atomic E-state index is 11.4. The molecule has 0 amide bonds. The fourth-order valence-corrected chi connectivity index (χ4v) is 1.26. The molecule has 0 saturated heterocycles. The summed E-state index contributed by atoms with van der Waals surface area (Å²) in [6.45, 7) is 5.93. The van der Waals surface area contributed by atoms with Gasteiger partial charge in [0.15, 0.2) is 0 Å². The molecule has 3 nitrogen and oxygen atoms in total. The Kier molecular flexibility index (Phi) is 7.01. The number of carbonyl (C=O) groups is 1. The van der Waals surface area contributed by atoms with Crippen molar-refractivity contribution in [3.05, 3.63) is 0 Å². The van der Waals surface area contributed by atoms with Crippen LogP contribution in [0.25, 0.3) is 0 Å². The molecule has 0 rings (SSSR count). The van der Waals surface area contributed by atoms with E-state index in [2.05, 4.69) is 0 Å². The van der Waals surface area contributed by atoms with Crippen LogP contribution < -0.4 is 5.73 Å². The first kappa shape index (κ1) is 13.8. The quantitative estimate of drug-likeness (QED) is 0.690. The lowest BCUT2D eigenvalue weighted by Crippen LogP contribution is -2.36. The second-order valence-corrected chi connectivity index (χ2v) is 4.76. The predicted octanol–water partition coefficient (Wildman–Crippen LogP) is 1.65. The third kappa shape index (κ3) is 5.50. The molecule has 2 N–H and O–H groups in total. The van der Waals surface area contributed by atoms with Gasteiger partial charge in [-0.25, -0.2) is 0 Å². The van der Waals surface area contributed by atoms with E-state index in [4.69, 9.17) is 10.5 Å². The molecule has 2 atom stereocenters. The van der Waals surface area contributed by atoms with Gasteiger partial charge in [0.25, 0.3) is 0 Å². The van der Waals surface area contributed by atoms with Crippen molar-refractivity contribution in [2.24, 2.45) is 11.7 Å². The smallest absolute Gasteiger partial charge is 0.323 e. The minimum absolute atomic E-state index is 0.0529. The van der Waals surface area contributed by atoms with Gasteiger partial charge in [-0.3, -0.25) is 4.79 Å². The summed E-state index contributed by atoms with van der Waals surface area (Å²) in [6, 6.07) is -0.469. The monoisotopic (exact) mass is 219 g/mol. The second-order valence-electron chi connectivity index (χ2n) is 3.77. The van der Waals surface area contributed by atoms with Crippen LogP contribution >= 0.6 is 11.8 Å². The van der Waals surface area contributed by atoms with Crippen LogP contribution in [0.2, 0.25) is 0 Å². The Morgan fingerprint density at radius 2 is 2.00 bits per heavy atom. The highest BCUT2D eigenvalue weighted by Gasteiger charge is 2.18. The van der Waals surface area contributed by atoms with Crippen molar-refractivity contribution in [2.45, 2.75) is 39.3 Å². The van der Waals surface area contributed by atoms with Crippen LogP contribution in [-0.4, -0.2) is 30.1 Å². The summed E-state index contributed by atoms with van der Waals surface area (Å²) in [5.74, 6) is 0.957. The van der Waals surface area contributed by atoms with Gasteiger partial charge in [-0.15, -0.1) is 0 Å². The lowest BCUT2D eigenvalue weighted by atomic mass is 10.1. The third-order valence-electron chi connectivity index (χ3n) is 2.18. The van der Waals surface area contributed by atoms with Gasteiger partial charge in [-0.05, 0) is 31.3 Å². The van der Waals surface area contributed by atoms with E-state index in [-0.39, 0.29) is 12.1 Å². The van der Waals surface area contributed by atoms with Crippen molar-refractivity contribution in [1.29, 1.82) is 0 Å². The molecule has 0 aliphatic rings. The first-order valence-electron chi connectivity index (χ1n) is 4.94. The summed E-state index contributed by atoms with van der Waals surface area (Å²) in [4.78, 5) is 11.4. The molecular formula is C10H21NO2S. The first-order chi connectivity index (χ1) is 6.49. The molecule has 0 aliphatic heterocycles. The van der Waals surface area contributed by atoms with E-state index in [1.54, 1.807) is 11.8 Å². The van der Waals surface area contributed by atoms with E-state index in [9.17, 15) is 4.79 Å². The van der Waals surface area contributed by atoms with Crippen LogP contribution in [0.1, 0.15) is 27.2 Å². The van der Waals surface area contributed by atoms with Crippen LogP contribution in [-0.2, 0) is 9.53 Å². The molecule has 4 heteroatoms. The molecule has 0 saturated carbocycles. The number of esters is 1. The second kappa shape index (κ2) is 7.12. The van der Waals surface area contributed by atoms with Gasteiger partial charge in [0.05, 0.1) is 0 Å². The summed E-state index contributed by atoms with van der Waals surface area (Å²) < 4.78 is 5.20. The zero-order valence-corrected chi connectivity index (χ0v) is 10.3. The fourth-order valence-electron chi connectivity index (χ4n) is 0.769. The number of rotatable bonds is 6. The molecule has 0 fully saturated rings. The Balaban J connectivity index is 3.82. The van der Waals surface area contributed by atoms with Gasteiger partial charge in [0, 0.05) is 0 Å². The number of hydrogen-bond acceptors (Lipinski definition) is 4. The average Bonchev–Trinajstić information content (AvgIpc) is 2.13. The molecule has 0 aromatic heterocycles. The van der Waals surface area contributed by atoms with E-state index >= 15 is 0 Å². The maximum Gasteiger partial charge on any atom is 0.323 e. The lowest BCUT2D eigenvalue weighted by molar-refractivity contribution is -0.151. The molecular weight excluding hydrogens is 198 g/mol. The Morgan fingerprint density at radius 1 is 1.43 bits per heavy atom. The summed E-state index contributed by atoms with van der Waals surface area (Å²) >= 11 is 1.68. The van der Waals surface area contributed by atoms with Crippen LogP contribution in [0.3, 0.4) is 0 Å². The normalized spacial score (nSPS) is 15.3. The van der Waals surface area contributed by atoms with Crippen molar-refractivity contribution >= 4 is 17.7 Å². The fraction of sp³-hybridized carbons (Fsp3) is 0.900. The Hall–Kier alpha value is -0.220. The predicted molar refractivity (Wildman–Crippen MR) is 61.4 cm³/mol. The van der Waals surface area contributed by atoms with Crippen LogP contribution in [0.15, 0.2) is 0 Å². The number of carbonyl (C=O) groups excluding carboxylic acids is 1. The Morgan fingerprint density at radius 3 is 2.43 bits per heavy atom. The van der Waals surface area contributed by atoms with Gasteiger partial charge in [-0.1, -0.05) is 13.8 Å². The molecule has 2 unspecified atom stereocenters. The topological polar surface area (TPSA) is 52.3 Å². The van der Waals surface area contributed by atoms with Gasteiger partial charge in [-0.2, -0.15) is 11.8 Å². The van der Waals surface area contributed by atoms with Gasteiger partial charge in [0.1, 0.15) is 12.1 Å². The molecule has 0 radical (unpaired) electrons. The highest BCUT2D eigenvalue weighted by molar-refractivity contribution is 7.98. The zero-order valence-electron chi connectivity index (χ0n) is 9.45. The number of ether oxygens (including phenoxy) is 1. The van der Waals surface area contributed by atoms with E-state index < -0.39 is 6.04 Å². The van der Waals surface area contributed by atoms with E-state index in [1.165, 1.54) is 0 Å². The highest BCUT2D eigenvalue weighted by atomic mass is 32.2. The Labute approximate surface area is 90.8 Å². The van der Waals surface area contributed by atoms with Gasteiger partial charge < -0.3 is 10.5 Å². The lowest BCUT2D eigenvalue weighted by Gasteiger charge is -2.19. The summed E-state index contributed by atoms with van der Waals surface area (Å²) in [7, 11) is 0. The van der Waals surface area contributed by atoms with Crippen molar-refractivity contribution < 1.29 is 9.53 Å². The largest absolute Gasteiger partial charge is 0.461 e. The molecule has 84 valence electrons.